The number of aryl methyl sites for hydroxylation is 1. The highest BCUT2D eigenvalue weighted by atomic mass is 16.5. The van der Waals surface area contributed by atoms with E-state index < -0.39 is 5.60 Å². The maximum Gasteiger partial charge on any atom is 0.209 e. The highest BCUT2D eigenvalue weighted by Gasteiger charge is 2.29. The molecule has 0 aliphatic rings. The molecule has 0 saturated heterocycles. The van der Waals surface area contributed by atoms with Gasteiger partial charge in [0.05, 0.1) is 6.54 Å². The minimum Gasteiger partial charge on any atom is -0.372 e. The molecule has 0 aliphatic heterocycles. The maximum absolute atomic E-state index is 6.01. The Morgan fingerprint density at radius 3 is 2.53 bits per heavy atom. The van der Waals surface area contributed by atoms with Crippen molar-refractivity contribution in [1.82, 2.24) is 15.4 Å². The lowest BCUT2D eigenvalue weighted by Crippen LogP contribution is -2.33. The number of nitrogens with two attached hydrogens (primary N) is 1. The van der Waals surface area contributed by atoms with Crippen molar-refractivity contribution in [3.8, 4) is 0 Å². The van der Waals surface area contributed by atoms with E-state index in [-0.39, 0.29) is 5.96 Å². The summed E-state index contributed by atoms with van der Waals surface area (Å²) in [6.45, 7) is 2.38. The number of hydrogen-bond donors (Lipinski definition) is 4. The van der Waals surface area contributed by atoms with Gasteiger partial charge in [0.15, 0.2) is 0 Å². The third-order valence-corrected chi connectivity index (χ3v) is 5.89. The number of methoxy groups -OCH3 is 1. The number of fused-ring (bicyclic) bond motifs is 2. The molecule has 0 spiro atoms. The van der Waals surface area contributed by atoms with Gasteiger partial charge in [-0.05, 0) is 43.9 Å². The number of hydrogen-bond acceptors (Lipinski definition) is 3. The summed E-state index contributed by atoms with van der Waals surface area (Å²) in [4.78, 5) is 11.1. The molecule has 2 heterocycles. The van der Waals surface area contributed by atoms with E-state index in [1.165, 1.54) is 16.5 Å². The molecule has 0 aliphatic carbocycles. The zero-order valence-corrected chi connectivity index (χ0v) is 18.6. The number of aliphatic imine (C=N–C) groups is 1. The Balaban J connectivity index is 1.28. The minimum absolute atomic E-state index is 0.265. The van der Waals surface area contributed by atoms with Crippen molar-refractivity contribution in [2.45, 2.75) is 31.8 Å². The van der Waals surface area contributed by atoms with Gasteiger partial charge in [-0.25, -0.2) is 10.4 Å². The Kier molecular flexibility index (Phi) is 6.56. The summed E-state index contributed by atoms with van der Waals surface area (Å²) in [7, 11) is 1.69. The zero-order valence-electron chi connectivity index (χ0n) is 18.6. The average Bonchev–Trinajstić information content (AvgIpc) is 3.44. The molecule has 7 nitrogen and oxygen atoms in total. The van der Waals surface area contributed by atoms with Gasteiger partial charge in [-0.15, -0.1) is 0 Å². The molecule has 1 atom stereocenters. The van der Waals surface area contributed by atoms with Crippen LogP contribution in [0.3, 0.4) is 0 Å². The van der Waals surface area contributed by atoms with E-state index in [9.17, 15) is 0 Å². The summed E-state index contributed by atoms with van der Waals surface area (Å²) in [6.07, 6.45) is 8.75. The van der Waals surface area contributed by atoms with Crippen molar-refractivity contribution >= 4 is 34.0 Å². The van der Waals surface area contributed by atoms with Crippen molar-refractivity contribution in [1.29, 1.82) is 0 Å². The third-order valence-electron chi connectivity index (χ3n) is 5.89. The normalized spacial score (nSPS) is 14.4. The highest BCUT2D eigenvalue weighted by Crippen LogP contribution is 2.31. The van der Waals surface area contributed by atoms with Crippen molar-refractivity contribution < 1.29 is 4.74 Å². The number of H-pyrrole nitrogens is 2. The first-order valence-electron chi connectivity index (χ1n) is 10.8. The molecule has 0 fully saturated rings. The van der Waals surface area contributed by atoms with Crippen LogP contribution in [-0.4, -0.2) is 35.8 Å². The van der Waals surface area contributed by atoms with Gasteiger partial charge in [0.1, 0.15) is 5.60 Å². The van der Waals surface area contributed by atoms with E-state index in [1.54, 1.807) is 7.11 Å². The van der Waals surface area contributed by atoms with E-state index in [2.05, 4.69) is 55.9 Å². The van der Waals surface area contributed by atoms with Crippen molar-refractivity contribution in [3.63, 3.8) is 0 Å². The van der Waals surface area contributed by atoms with Crippen LogP contribution in [0.5, 0.6) is 0 Å². The number of para-hydroxylation sites is 2. The van der Waals surface area contributed by atoms with Crippen LogP contribution >= 0.6 is 0 Å². The number of nitrogens with one attached hydrogen (secondary N) is 3. The molecule has 0 amide bonds. The number of aromatic nitrogens is 2. The quantitative estimate of drug-likeness (QED) is 0.137. The number of benzene rings is 2. The molecule has 0 saturated carbocycles. The number of nitrogens with zero attached hydrogens (tertiary/aromatic N) is 2. The minimum atomic E-state index is -0.602. The van der Waals surface area contributed by atoms with Gasteiger partial charge < -0.3 is 20.4 Å². The number of hydrazone groups is 1. The van der Waals surface area contributed by atoms with Gasteiger partial charge in [-0.1, -0.05) is 36.4 Å². The SMILES string of the molecule is COC(C)(CN=C(N)NN=CCCCc1c[nH]c2ccccc12)c1c[nH]c2ccccc12. The third kappa shape index (κ3) is 4.68. The summed E-state index contributed by atoms with van der Waals surface area (Å²) in [5, 5.41) is 6.61. The molecule has 4 rings (SSSR count). The van der Waals surface area contributed by atoms with Crippen molar-refractivity contribution in [2.75, 3.05) is 13.7 Å². The van der Waals surface area contributed by atoms with Gasteiger partial charge >= 0.3 is 0 Å². The lowest BCUT2D eigenvalue weighted by atomic mass is 9.95. The molecule has 4 aromatic rings. The monoisotopic (exact) mass is 430 g/mol. The first-order chi connectivity index (χ1) is 15.6. The van der Waals surface area contributed by atoms with Crippen LogP contribution < -0.4 is 11.2 Å². The second-order valence-corrected chi connectivity index (χ2v) is 8.06. The molecule has 166 valence electrons. The van der Waals surface area contributed by atoms with Gasteiger partial charge in [0, 0.05) is 53.1 Å². The van der Waals surface area contributed by atoms with E-state index >= 15 is 0 Å². The van der Waals surface area contributed by atoms with E-state index in [0.29, 0.717) is 6.54 Å². The second kappa shape index (κ2) is 9.70. The average molecular weight is 431 g/mol. The molecule has 0 radical (unpaired) electrons. The Morgan fingerprint density at radius 2 is 1.75 bits per heavy atom. The second-order valence-electron chi connectivity index (χ2n) is 8.06. The first kappa shape index (κ1) is 21.6. The van der Waals surface area contributed by atoms with Crippen molar-refractivity contribution in [2.24, 2.45) is 15.8 Å². The van der Waals surface area contributed by atoms with Crippen LogP contribution in [-0.2, 0) is 16.8 Å². The van der Waals surface area contributed by atoms with Crippen LogP contribution in [0.2, 0.25) is 0 Å². The molecule has 32 heavy (non-hydrogen) atoms. The fourth-order valence-electron chi connectivity index (χ4n) is 3.94. The molecule has 5 N–H and O–H groups in total. The number of rotatable bonds is 9. The van der Waals surface area contributed by atoms with Gasteiger partial charge in [0.25, 0.3) is 0 Å². The summed E-state index contributed by atoms with van der Waals surface area (Å²) in [5.41, 5.74) is 12.9. The van der Waals surface area contributed by atoms with Crippen LogP contribution in [0.4, 0.5) is 0 Å². The Hall–Kier alpha value is -3.58. The Bertz CT molecular complexity index is 1240. The number of ether oxygens (including phenoxy) is 1. The summed E-state index contributed by atoms with van der Waals surface area (Å²) in [6, 6.07) is 16.5. The maximum atomic E-state index is 6.01. The molecule has 7 heteroatoms. The molecule has 1 unspecified atom stereocenters. The first-order valence-corrected chi connectivity index (χ1v) is 10.8. The van der Waals surface area contributed by atoms with Crippen LogP contribution in [0.1, 0.15) is 30.9 Å². The smallest absolute Gasteiger partial charge is 0.209 e. The highest BCUT2D eigenvalue weighted by molar-refractivity contribution is 5.84. The molecule has 2 aromatic carbocycles. The molecule has 0 bridgehead atoms. The van der Waals surface area contributed by atoms with Gasteiger partial charge in [0.2, 0.25) is 5.96 Å². The lowest BCUT2D eigenvalue weighted by Gasteiger charge is -2.26. The fraction of sp³-hybridized carbons (Fsp3) is 0.280. The Morgan fingerprint density at radius 1 is 1.06 bits per heavy atom. The molecular weight excluding hydrogens is 400 g/mol. The topological polar surface area (TPSA) is 104 Å². The summed E-state index contributed by atoms with van der Waals surface area (Å²) in [5.74, 6) is 0.265. The lowest BCUT2D eigenvalue weighted by molar-refractivity contribution is 0.0117. The van der Waals surface area contributed by atoms with E-state index in [0.717, 1.165) is 35.7 Å². The largest absolute Gasteiger partial charge is 0.372 e. The molecule has 2 aromatic heterocycles. The predicted octanol–water partition coefficient (Wildman–Crippen LogP) is 4.42. The summed E-state index contributed by atoms with van der Waals surface area (Å²) < 4.78 is 5.81. The van der Waals surface area contributed by atoms with E-state index in [4.69, 9.17) is 10.5 Å². The van der Waals surface area contributed by atoms with Crippen molar-refractivity contribution in [3.05, 3.63) is 72.1 Å². The number of aromatic amines is 2. The van der Waals surface area contributed by atoms with Crippen LogP contribution in [0.25, 0.3) is 21.8 Å². The number of guanidine groups is 1. The van der Waals surface area contributed by atoms with Crippen LogP contribution in [0.15, 0.2) is 71.0 Å². The number of unbranched alkanes of at least 4 members (excludes halogenated alkanes) is 1. The van der Waals surface area contributed by atoms with E-state index in [1.807, 2.05) is 43.6 Å². The van der Waals surface area contributed by atoms with Crippen LogP contribution in [0, 0.1) is 0 Å². The summed E-state index contributed by atoms with van der Waals surface area (Å²) >= 11 is 0. The fourth-order valence-corrected chi connectivity index (χ4v) is 3.94. The molecular formula is C25H30N6O. The zero-order chi connectivity index (χ0) is 22.4. The Labute approximate surface area is 187 Å². The van der Waals surface area contributed by atoms with Gasteiger partial charge in [-0.3, -0.25) is 0 Å². The standard InChI is InChI=1S/C25H30N6O/c1-25(32-2,21-16-28-23-13-6-4-11-20(21)23)17-29-24(26)31-30-14-8-7-9-18-15-27-22-12-5-3-10-19(18)22/h3-6,10-16,27-28H,7-9,17H2,1-2H3,(H3,26,29,31). The predicted molar refractivity (Wildman–Crippen MR) is 132 cm³/mol. The van der Waals surface area contributed by atoms with Gasteiger partial charge in [-0.2, -0.15) is 5.10 Å².